The van der Waals surface area contributed by atoms with Gasteiger partial charge < -0.3 is 25.0 Å². The molecule has 2 heterocycles. The molecule has 0 aliphatic carbocycles. The van der Waals surface area contributed by atoms with Crippen molar-refractivity contribution in [1.82, 2.24) is 19.9 Å². The molecule has 10 nitrogen and oxygen atoms in total. The third-order valence-electron chi connectivity index (χ3n) is 7.24. The van der Waals surface area contributed by atoms with Crippen molar-refractivity contribution in [3.8, 4) is 17.2 Å². The number of amides is 3. The highest BCUT2D eigenvalue weighted by molar-refractivity contribution is 6.04. The number of aliphatic hydroxyl groups excluding tert-OH is 1. The van der Waals surface area contributed by atoms with Crippen LogP contribution in [0.4, 0.5) is 16.2 Å². The number of benzene rings is 3. The molecule has 1 fully saturated rings. The number of nitrogens with one attached hydrogen (secondary N) is 3. The van der Waals surface area contributed by atoms with Gasteiger partial charge in [0.15, 0.2) is 0 Å². The number of nitrogens with zero attached hydrogens (tertiary/aromatic N) is 3. The number of rotatable bonds is 9. The summed E-state index contributed by atoms with van der Waals surface area (Å²) < 4.78 is 8.08. The minimum absolute atomic E-state index is 0.169. The zero-order valence-corrected chi connectivity index (χ0v) is 24.7. The molecule has 4 N–H and O–H groups in total. The van der Waals surface area contributed by atoms with E-state index in [1.807, 2.05) is 49.5 Å². The maximum absolute atomic E-state index is 13.0. The van der Waals surface area contributed by atoms with Crippen molar-refractivity contribution in [2.24, 2.45) is 0 Å². The number of aliphatic hydroxyl groups is 1. The standard InChI is InChI=1S/C33H38N6O4/c1-23-20-27(8-13-31(23)43-30-11-6-26(7-12-30)35-33(42)36-37(2)3)34-32(41)25-4-9-28(10-5-25)39-19-14-24(22-39)21-38-17-15-29(40)16-18-38/h4-14,19-20,22,29,40H,15-18,21H2,1-3H3,(H,34,41)(H2,35,36,42). The summed E-state index contributed by atoms with van der Waals surface area (Å²) in [6, 6.07) is 21.9. The first-order valence-corrected chi connectivity index (χ1v) is 14.3. The first-order chi connectivity index (χ1) is 20.7. The van der Waals surface area contributed by atoms with E-state index in [1.54, 1.807) is 49.4 Å². The number of anilines is 2. The van der Waals surface area contributed by atoms with E-state index < -0.39 is 0 Å². The summed E-state index contributed by atoms with van der Waals surface area (Å²) in [6.45, 7) is 4.61. The Hall–Kier alpha value is -4.64. The summed E-state index contributed by atoms with van der Waals surface area (Å²) in [5.41, 5.74) is 7.56. The maximum Gasteiger partial charge on any atom is 0.333 e. The van der Waals surface area contributed by atoms with Gasteiger partial charge in [-0.05, 0) is 104 Å². The minimum Gasteiger partial charge on any atom is -0.457 e. The lowest BCUT2D eigenvalue weighted by molar-refractivity contribution is 0.0792. The lowest BCUT2D eigenvalue weighted by atomic mass is 10.1. The van der Waals surface area contributed by atoms with E-state index in [9.17, 15) is 14.7 Å². The van der Waals surface area contributed by atoms with Gasteiger partial charge in [-0.15, -0.1) is 0 Å². The first-order valence-electron chi connectivity index (χ1n) is 14.3. The molecule has 0 unspecified atom stereocenters. The van der Waals surface area contributed by atoms with Crippen molar-refractivity contribution in [2.45, 2.75) is 32.4 Å². The molecular weight excluding hydrogens is 544 g/mol. The van der Waals surface area contributed by atoms with Crippen molar-refractivity contribution in [3.05, 3.63) is 102 Å². The number of carbonyl (C=O) groups excluding carboxylic acids is 2. The van der Waals surface area contributed by atoms with Crippen LogP contribution < -0.4 is 20.8 Å². The van der Waals surface area contributed by atoms with E-state index in [1.165, 1.54) is 5.56 Å². The van der Waals surface area contributed by atoms with Crippen LogP contribution in [0, 0.1) is 6.92 Å². The van der Waals surface area contributed by atoms with Crippen LogP contribution in [-0.2, 0) is 6.54 Å². The lowest BCUT2D eigenvalue weighted by Gasteiger charge is -2.29. The fourth-order valence-corrected chi connectivity index (χ4v) is 4.96. The molecule has 0 atom stereocenters. The second-order valence-corrected chi connectivity index (χ2v) is 11.0. The average molecular weight is 583 g/mol. The first kappa shape index (κ1) is 29.8. The van der Waals surface area contributed by atoms with Gasteiger partial charge in [0, 0.05) is 68.7 Å². The smallest absolute Gasteiger partial charge is 0.333 e. The summed E-state index contributed by atoms with van der Waals surface area (Å²) in [5, 5.41) is 17.0. The molecule has 5 rings (SSSR count). The molecule has 10 heteroatoms. The highest BCUT2D eigenvalue weighted by atomic mass is 16.5. The summed E-state index contributed by atoms with van der Waals surface area (Å²) in [4.78, 5) is 27.2. The third-order valence-corrected chi connectivity index (χ3v) is 7.24. The van der Waals surface area contributed by atoms with E-state index >= 15 is 0 Å². The third kappa shape index (κ3) is 8.23. The monoisotopic (exact) mass is 582 g/mol. The number of urea groups is 1. The molecule has 3 amide bonds. The highest BCUT2D eigenvalue weighted by Crippen LogP contribution is 2.28. The zero-order valence-electron chi connectivity index (χ0n) is 24.7. The maximum atomic E-state index is 13.0. The fraction of sp³-hybridized carbons (Fsp3) is 0.273. The van der Waals surface area contributed by atoms with E-state index in [4.69, 9.17) is 4.74 Å². The number of hydrogen-bond acceptors (Lipinski definition) is 6. The van der Waals surface area contributed by atoms with Crippen molar-refractivity contribution < 1.29 is 19.4 Å². The molecule has 0 radical (unpaired) electrons. The van der Waals surface area contributed by atoms with Gasteiger partial charge in [-0.1, -0.05) is 0 Å². The summed E-state index contributed by atoms with van der Waals surface area (Å²) in [6.07, 6.45) is 5.64. The number of ether oxygens (including phenoxy) is 1. The van der Waals surface area contributed by atoms with E-state index in [2.05, 4.69) is 37.8 Å². The predicted molar refractivity (Wildman–Crippen MR) is 168 cm³/mol. The largest absolute Gasteiger partial charge is 0.457 e. The number of piperidine rings is 1. The number of hydrogen-bond donors (Lipinski definition) is 4. The summed E-state index contributed by atoms with van der Waals surface area (Å²) in [7, 11) is 3.47. The highest BCUT2D eigenvalue weighted by Gasteiger charge is 2.17. The van der Waals surface area contributed by atoms with Crippen LogP contribution in [-0.4, -0.2) is 64.8 Å². The van der Waals surface area contributed by atoms with Gasteiger partial charge in [-0.3, -0.25) is 15.1 Å². The molecule has 1 aromatic heterocycles. The van der Waals surface area contributed by atoms with Crippen molar-refractivity contribution >= 4 is 23.3 Å². The van der Waals surface area contributed by atoms with Gasteiger partial charge in [-0.2, -0.15) is 0 Å². The Morgan fingerprint density at radius 2 is 1.63 bits per heavy atom. The van der Waals surface area contributed by atoms with Crippen LogP contribution >= 0.6 is 0 Å². The van der Waals surface area contributed by atoms with E-state index in [-0.39, 0.29) is 18.0 Å². The Labute approximate surface area is 251 Å². The molecular formula is C33H38N6O4. The van der Waals surface area contributed by atoms with E-state index in [0.29, 0.717) is 28.4 Å². The summed E-state index contributed by atoms with van der Waals surface area (Å²) in [5.74, 6) is 1.10. The topological polar surface area (TPSA) is 111 Å². The molecule has 224 valence electrons. The molecule has 43 heavy (non-hydrogen) atoms. The van der Waals surface area contributed by atoms with Crippen molar-refractivity contribution in [3.63, 3.8) is 0 Å². The number of aryl methyl sites for hydroxylation is 1. The van der Waals surface area contributed by atoms with Gasteiger partial charge in [0.05, 0.1) is 6.10 Å². The van der Waals surface area contributed by atoms with Gasteiger partial charge in [-0.25, -0.2) is 9.80 Å². The average Bonchev–Trinajstić information content (AvgIpc) is 3.45. The molecule has 0 saturated carbocycles. The predicted octanol–water partition coefficient (Wildman–Crippen LogP) is 5.39. The van der Waals surface area contributed by atoms with Crippen LogP contribution in [0.25, 0.3) is 5.69 Å². The lowest BCUT2D eigenvalue weighted by Crippen LogP contribution is -2.39. The number of carbonyl (C=O) groups is 2. The van der Waals surface area contributed by atoms with Crippen LogP contribution in [0.2, 0.25) is 0 Å². The van der Waals surface area contributed by atoms with E-state index in [0.717, 1.165) is 43.7 Å². The van der Waals surface area contributed by atoms with Crippen LogP contribution in [0.15, 0.2) is 85.2 Å². The molecule has 4 aromatic rings. The number of likely N-dealkylation sites (tertiary alicyclic amines) is 1. The SMILES string of the molecule is Cc1cc(NC(=O)c2ccc(-n3ccc(CN4CCC(O)CC4)c3)cc2)ccc1Oc1ccc(NC(=O)NN(C)C)cc1. The van der Waals surface area contributed by atoms with Gasteiger partial charge in [0.25, 0.3) is 5.91 Å². The minimum atomic E-state index is -0.329. The Morgan fingerprint density at radius 3 is 2.30 bits per heavy atom. The Bertz CT molecular complexity index is 1540. The van der Waals surface area contributed by atoms with Crippen LogP contribution in [0.5, 0.6) is 11.5 Å². The molecule has 0 spiro atoms. The normalized spacial score (nSPS) is 14.0. The Balaban J connectivity index is 1.14. The van der Waals surface area contributed by atoms with Crippen molar-refractivity contribution in [1.29, 1.82) is 0 Å². The molecule has 1 saturated heterocycles. The molecule has 3 aromatic carbocycles. The number of hydrazine groups is 1. The van der Waals surface area contributed by atoms with Gasteiger partial charge in [0.1, 0.15) is 11.5 Å². The summed E-state index contributed by atoms with van der Waals surface area (Å²) >= 11 is 0. The second kappa shape index (κ2) is 13.6. The Kier molecular flexibility index (Phi) is 9.41. The van der Waals surface area contributed by atoms with Crippen LogP contribution in [0.3, 0.4) is 0 Å². The van der Waals surface area contributed by atoms with Crippen molar-refractivity contribution in [2.75, 3.05) is 37.8 Å². The fourth-order valence-electron chi connectivity index (χ4n) is 4.96. The molecule has 1 aliphatic heterocycles. The molecule has 0 bridgehead atoms. The van der Waals surface area contributed by atoms with Gasteiger partial charge in [0.2, 0.25) is 0 Å². The quantitative estimate of drug-likeness (QED) is 0.197. The number of aromatic nitrogens is 1. The van der Waals surface area contributed by atoms with Crippen LogP contribution in [0.1, 0.15) is 34.3 Å². The van der Waals surface area contributed by atoms with Gasteiger partial charge >= 0.3 is 6.03 Å². The Morgan fingerprint density at radius 1 is 0.930 bits per heavy atom. The zero-order chi connectivity index (χ0) is 30.3. The molecule has 1 aliphatic rings. The second-order valence-electron chi connectivity index (χ2n) is 11.0.